The van der Waals surface area contributed by atoms with Gasteiger partial charge in [-0.2, -0.15) is 0 Å². The maximum absolute atomic E-state index is 14.3. The number of nitrogens with one attached hydrogen (secondary N) is 1. The summed E-state index contributed by atoms with van der Waals surface area (Å²) in [4.78, 5) is 32.3. The fourth-order valence-electron chi connectivity index (χ4n) is 4.46. The van der Waals surface area contributed by atoms with Crippen molar-refractivity contribution in [2.45, 2.75) is 13.0 Å². The number of pyridine rings is 2. The molecule has 0 spiro atoms. The molecule has 0 radical (unpaired) electrons. The van der Waals surface area contributed by atoms with Gasteiger partial charge in [-0.25, -0.2) is 14.8 Å². The number of fused-ring (bicyclic) bond motifs is 1. The highest BCUT2D eigenvalue weighted by Crippen LogP contribution is 2.32. The zero-order valence-corrected chi connectivity index (χ0v) is 21.3. The zero-order chi connectivity index (χ0) is 26.8. The maximum Gasteiger partial charge on any atom is 0.263 e. The van der Waals surface area contributed by atoms with E-state index in [1.54, 1.807) is 17.0 Å². The molecule has 0 bridgehead atoms. The van der Waals surface area contributed by atoms with E-state index in [-0.39, 0.29) is 17.2 Å². The minimum Gasteiger partial charge on any atom is -0.376 e. The molecule has 2 aromatic carbocycles. The Kier molecular flexibility index (Phi) is 6.46. The second kappa shape index (κ2) is 10.0. The minimum absolute atomic E-state index is 0.0595. The summed E-state index contributed by atoms with van der Waals surface area (Å²) < 4.78 is 1.70. The summed E-state index contributed by atoms with van der Waals surface area (Å²) in [5.74, 6) is 0.372. The number of nitrogens with zero attached hydrogens (tertiary/aromatic N) is 6. The average Bonchev–Trinajstić information content (AvgIpc) is 2.93. The number of hydrogen-bond acceptors (Lipinski definition) is 7. The van der Waals surface area contributed by atoms with Crippen molar-refractivity contribution in [3.05, 3.63) is 107 Å². The van der Waals surface area contributed by atoms with E-state index in [0.29, 0.717) is 16.9 Å². The first-order chi connectivity index (χ1) is 18.4. The monoisotopic (exact) mass is 502 g/mol. The number of para-hydroxylation sites is 1. The van der Waals surface area contributed by atoms with E-state index >= 15 is 0 Å². The van der Waals surface area contributed by atoms with Crippen LogP contribution in [0.5, 0.6) is 0 Å². The number of anilines is 3. The van der Waals surface area contributed by atoms with Crippen LogP contribution in [-0.4, -0.2) is 33.6 Å². The van der Waals surface area contributed by atoms with Gasteiger partial charge in [-0.1, -0.05) is 36.4 Å². The number of hydrogen-bond donors (Lipinski definition) is 2. The standard InChI is InChI=1S/C29H26N8O/c1-18(34-27-24(31-2)17-33-29(30)35-27)25-14-19-9-8-12-23(20-13-22(36(3)4)16-32-15-20)26(19)28(38)37(25)21-10-6-5-7-11-21/h5-18H,1,3-4H3,(H3,30,33,34,35)/t18-/m0/s1. The number of benzene rings is 2. The first-order valence-corrected chi connectivity index (χ1v) is 12.0. The van der Waals surface area contributed by atoms with Gasteiger partial charge < -0.3 is 16.0 Å². The number of aromatic nitrogens is 4. The third kappa shape index (κ3) is 4.51. The minimum atomic E-state index is -0.399. The largest absolute Gasteiger partial charge is 0.376 e. The van der Waals surface area contributed by atoms with Crippen LogP contribution in [0.3, 0.4) is 0 Å². The third-order valence-electron chi connectivity index (χ3n) is 6.35. The molecular formula is C29H26N8O. The van der Waals surface area contributed by atoms with Crippen LogP contribution in [0.2, 0.25) is 0 Å². The summed E-state index contributed by atoms with van der Waals surface area (Å²) in [6, 6.07) is 18.9. The Morgan fingerprint density at radius 3 is 2.58 bits per heavy atom. The van der Waals surface area contributed by atoms with Crippen LogP contribution >= 0.6 is 0 Å². The number of nitrogen functional groups attached to an aromatic ring is 1. The molecule has 188 valence electrons. The highest BCUT2D eigenvalue weighted by atomic mass is 16.1. The van der Waals surface area contributed by atoms with E-state index in [2.05, 4.69) is 25.1 Å². The van der Waals surface area contributed by atoms with E-state index in [1.807, 2.05) is 86.6 Å². The smallest absolute Gasteiger partial charge is 0.263 e. The topological polar surface area (TPSA) is 106 Å². The Bertz CT molecular complexity index is 1740. The molecule has 9 heteroatoms. The average molecular weight is 503 g/mol. The van der Waals surface area contributed by atoms with E-state index < -0.39 is 6.04 Å². The van der Waals surface area contributed by atoms with Gasteiger partial charge >= 0.3 is 0 Å². The van der Waals surface area contributed by atoms with Gasteiger partial charge in [0.25, 0.3) is 5.56 Å². The molecule has 0 unspecified atom stereocenters. The van der Waals surface area contributed by atoms with Gasteiger partial charge in [0, 0.05) is 43.4 Å². The van der Waals surface area contributed by atoms with Crippen molar-refractivity contribution < 1.29 is 0 Å². The molecule has 5 aromatic rings. The lowest BCUT2D eigenvalue weighted by atomic mass is 9.98. The summed E-state index contributed by atoms with van der Waals surface area (Å²) >= 11 is 0. The summed E-state index contributed by atoms with van der Waals surface area (Å²) in [5, 5.41) is 4.66. The second-order valence-corrected chi connectivity index (χ2v) is 9.08. The van der Waals surface area contributed by atoms with Crippen LogP contribution in [0.25, 0.3) is 32.4 Å². The predicted octanol–water partition coefficient (Wildman–Crippen LogP) is 5.21. The fraction of sp³-hybridized carbons (Fsp3) is 0.138. The normalized spacial score (nSPS) is 11.6. The number of rotatable bonds is 6. The van der Waals surface area contributed by atoms with Crippen molar-refractivity contribution in [3.63, 3.8) is 0 Å². The van der Waals surface area contributed by atoms with Crippen molar-refractivity contribution >= 4 is 33.9 Å². The van der Waals surface area contributed by atoms with Crippen molar-refractivity contribution in [1.29, 1.82) is 0 Å². The third-order valence-corrected chi connectivity index (χ3v) is 6.35. The zero-order valence-electron chi connectivity index (χ0n) is 21.3. The van der Waals surface area contributed by atoms with Crippen molar-refractivity contribution in [2.75, 3.05) is 30.0 Å². The van der Waals surface area contributed by atoms with Crippen LogP contribution < -0.4 is 21.5 Å². The van der Waals surface area contributed by atoms with Gasteiger partial charge in [0.1, 0.15) is 5.82 Å². The quantitative estimate of drug-likeness (QED) is 0.307. The van der Waals surface area contributed by atoms with Crippen molar-refractivity contribution in [1.82, 2.24) is 19.5 Å². The van der Waals surface area contributed by atoms with Gasteiger partial charge in [-0.3, -0.25) is 14.3 Å². The molecule has 9 nitrogen and oxygen atoms in total. The van der Waals surface area contributed by atoms with Crippen molar-refractivity contribution in [3.8, 4) is 16.8 Å². The van der Waals surface area contributed by atoms with Crippen LogP contribution in [-0.2, 0) is 0 Å². The summed E-state index contributed by atoms with van der Waals surface area (Å²) in [7, 11) is 3.91. The Morgan fingerprint density at radius 1 is 1.05 bits per heavy atom. The summed E-state index contributed by atoms with van der Waals surface area (Å²) in [5.41, 5.74) is 9.92. The molecule has 3 N–H and O–H groups in total. The van der Waals surface area contributed by atoms with E-state index in [0.717, 1.165) is 27.9 Å². The molecule has 0 saturated heterocycles. The Labute approximate surface area is 220 Å². The SMILES string of the molecule is [C-]#[N+]c1cnc(N)nc1N[C@@H](C)c1cc2cccc(-c3cncc(N(C)C)c3)c2c(=O)n1-c1ccccc1. The molecule has 38 heavy (non-hydrogen) atoms. The Hall–Kier alpha value is -5.23. The molecule has 0 aliphatic rings. The van der Waals surface area contributed by atoms with Crippen LogP contribution in [0.15, 0.2) is 84.0 Å². The molecule has 0 amide bonds. The van der Waals surface area contributed by atoms with Gasteiger partial charge in [0.2, 0.25) is 11.6 Å². The Morgan fingerprint density at radius 2 is 1.84 bits per heavy atom. The molecular weight excluding hydrogens is 476 g/mol. The highest BCUT2D eigenvalue weighted by Gasteiger charge is 2.20. The van der Waals surface area contributed by atoms with E-state index in [9.17, 15) is 4.79 Å². The molecule has 5 rings (SSSR count). The predicted molar refractivity (Wildman–Crippen MR) is 152 cm³/mol. The van der Waals surface area contributed by atoms with Gasteiger partial charge in [-0.05, 0) is 42.1 Å². The maximum atomic E-state index is 14.3. The summed E-state index contributed by atoms with van der Waals surface area (Å²) in [6.45, 7) is 9.39. The van der Waals surface area contributed by atoms with Gasteiger partial charge in [-0.15, -0.1) is 0 Å². The van der Waals surface area contributed by atoms with Gasteiger partial charge in [0.15, 0.2) is 0 Å². The lowest BCUT2D eigenvalue weighted by Crippen LogP contribution is -2.26. The lowest BCUT2D eigenvalue weighted by molar-refractivity contribution is 0.774. The molecule has 0 fully saturated rings. The molecule has 0 saturated carbocycles. The van der Waals surface area contributed by atoms with Gasteiger partial charge in [0.05, 0.1) is 29.9 Å². The number of nitrogens with two attached hydrogens (primary N) is 1. The Balaban J connectivity index is 1.74. The fourth-order valence-corrected chi connectivity index (χ4v) is 4.46. The van der Waals surface area contributed by atoms with Crippen LogP contribution in [0.1, 0.15) is 18.7 Å². The van der Waals surface area contributed by atoms with E-state index in [4.69, 9.17) is 12.3 Å². The molecule has 1 atom stereocenters. The first kappa shape index (κ1) is 24.5. The first-order valence-electron chi connectivity index (χ1n) is 12.0. The van der Waals surface area contributed by atoms with E-state index in [1.165, 1.54) is 6.20 Å². The molecule has 3 aromatic heterocycles. The van der Waals surface area contributed by atoms with Crippen molar-refractivity contribution in [2.24, 2.45) is 0 Å². The highest BCUT2D eigenvalue weighted by molar-refractivity contribution is 5.97. The molecule has 3 heterocycles. The molecule has 0 aliphatic heterocycles. The second-order valence-electron chi connectivity index (χ2n) is 9.08. The summed E-state index contributed by atoms with van der Waals surface area (Å²) in [6.07, 6.45) is 4.95. The van der Waals surface area contributed by atoms with Crippen LogP contribution in [0.4, 0.5) is 23.1 Å². The van der Waals surface area contributed by atoms with Crippen LogP contribution in [0, 0.1) is 6.57 Å². The lowest BCUT2D eigenvalue weighted by Gasteiger charge is -2.22. The molecule has 0 aliphatic carbocycles.